The molecule has 0 spiro atoms. The summed E-state index contributed by atoms with van der Waals surface area (Å²) in [5, 5.41) is 16.0. The van der Waals surface area contributed by atoms with Crippen LogP contribution in [0.15, 0.2) is 61.2 Å². The minimum absolute atomic E-state index is 0.584. The van der Waals surface area contributed by atoms with Gasteiger partial charge in [0.25, 0.3) is 0 Å². The lowest BCUT2D eigenvalue weighted by molar-refractivity contribution is 0.381. The van der Waals surface area contributed by atoms with Gasteiger partial charge in [-0.05, 0) is 24.3 Å². The van der Waals surface area contributed by atoms with Crippen LogP contribution in [0.2, 0.25) is 0 Å². The predicted octanol–water partition coefficient (Wildman–Crippen LogP) is 1.06. The van der Waals surface area contributed by atoms with E-state index in [1.54, 1.807) is 51.1 Å². The van der Waals surface area contributed by atoms with Gasteiger partial charge >= 0.3 is 10.4 Å². The van der Waals surface area contributed by atoms with Gasteiger partial charge in [0.15, 0.2) is 0 Å². The maximum Gasteiger partial charge on any atom is 0.394 e. The first kappa shape index (κ1) is 25.1. The normalized spacial score (nSPS) is 10.3. The van der Waals surface area contributed by atoms with E-state index >= 15 is 0 Å². The molecule has 0 unspecified atom stereocenters. The molecule has 4 aromatic rings. The summed E-state index contributed by atoms with van der Waals surface area (Å²) in [5.74, 6) is 1.44. The first-order valence-electron chi connectivity index (χ1n) is 8.92. The number of rotatable bonds is 4. The van der Waals surface area contributed by atoms with Gasteiger partial charge in [0.1, 0.15) is 22.9 Å². The zero-order valence-corrected chi connectivity index (χ0v) is 18.4. The molecule has 14 nitrogen and oxygen atoms in total. The molecule has 0 saturated carbocycles. The highest BCUT2D eigenvalue weighted by Crippen LogP contribution is 2.22. The first-order valence-corrected chi connectivity index (χ1v) is 10.3. The molecule has 0 aliphatic carbocycles. The van der Waals surface area contributed by atoms with E-state index in [4.69, 9.17) is 38.5 Å². The summed E-state index contributed by atoms with van der Waals surface area (Å²) in [4.78, 5) is 2.93. The van der Waals surface area contributed by atoms with Crippen LogP contribution >= 0.6 is 0 Å². The van der Waals surface area contributed by atoms with Crippen LogP contribution in [-0.4, -0.2) is 61.7 Å². The van der Waals surface area contributed by atoms with Crippen molar-refractivity contribution in [3.63, 3.8) is 0 Å². The summed E-state index contributed by atoms with van der Waals surface area (Å²) >= 11 is 0. The molecule has 2 heterocycles. The molecule has 0 bridgehead atoms. The van der Waals surface area contributed by atoms with E-state index in [2.05, 4.69) is 20.4 Å². The third-order valence-electron chi connectivity index (χ3n) is 3.74. The summed E-state index contributed by atoms with van der Waals surface area (Å²) < 4.78 is 41.7. The summed E-state index contributed by atoms with van der Waals surface area (Å²) in [5.41, 5.74) is 14.3. The number of benzene rings is 2. The van der Waals surface area contributed by atoms with Crippen molar-refractivity contribution in [1.82, 2.24) is 30.0 Å². The molecule has 176 valence electrons. The zero-order valence-electron chi connectivity index (χ0n) is 17.5. The zero-order chi connectivity index (χ0) is 24.4. The molecule has 0 radical (unpaired) electrons. The van der Waals surface area contributed by atoms with Crippen LogP contribution in [0.25, 0.3) is 11.4 Å². The van der Waals surface area contributed by atoms with Crippen LogP contribution in [0, 0.1) is 0 Å². The average Bonchev–Trinajstić information content (AvgIpc) is 3.47. The van der Waals surface area contributed by atoms with Crippen molar-refractivity contribution in [3.05, 3.63) is 61.2 Å². The van der Waals surface area contributed by atoms with Crippen molar-refractivity contribution < 1.29 is 27.0 Å². The van der Waals surface area contributed by atoms with E-state index in [9.17, 15) is 0 Å². The second-order valence-corrected chi connectivity index (χ2v) is 6.83. The van der Waals surface area contributed by atoms with E-state index < -0.39 is 10.4 Å². The van der Waals surface area contributed by atoms with E-state index in [1.807, 2.05) is 24.3 Å². The summed E-state index contributed by atoms with van der Waals surface area (Å²) in [7, 11) is -1.47. The molecule has 0 fully saturated rings. The monoisotopic (exact) mass is 478 g/mol. The van der Waals surface area contributed by atoms with Gasteiger partial charge in [-0.25, -0.2) is 0 Å². The van der Waals surface area contributed by atoms with Gasteiger partial charge in [0.05, 0.1) is 50.4 Å². The minimum atomic E-state index is -4.67. The number of anilines is 2. The number of nitrogens with zero attached hydrogens (tertiary/aromatic N) is 6. The topological polar surface area (TPSA) is 207 Å². The number of aromatic nitrogens is 6. The second kappa shape index (κ2) is 11.4. The van der Waals surface area contributed by atoms with Crippen LogP contribution in [0.4, 0.5) is 11.4 Å². The van der Waals surface area contributed by atoms with Crippen LogP contribution < -0.4 is 20.9 Å². The molecule has 6 N–H and O–H groups in total. The Kier molecular flexibility index (Phi) is 8.67. The highest BCUT2D eigenvalue weighted by atomic mass is 32.3. The number of hydrogen-bond donors (Lipinski definition) is 4. The molecule has 33 heavy (non-hydrogen) atoms. The fourth-order valence-electron chi connectivity index (χ4n) is 2.36. The Morgan fingerprint density at radius 2 is 1.03 bits per heavy atom. The summed E-state index contributed by atoms with van der Waals surface area (Å²) in [6.07, 6.45) is 6.40. The number of methoxy groups -OCH3 is 2. The Balaban J connectivity index is 0.000000195. The number of nitrogen functional groups attached to an aromatic ring is 2. The van der Waals surface area contributed by atoms with Crippen molar-refractivity contribution in [2.24, 2.45) is 0 Å². The standard InChI is InChI=1S/2C9H10N4O.H2O4S/c2*1-14-7-2-3-9(8(10)6-7)13-11-4-5-12-13;1-5(2,3)4/h2*2-6H,10H2,1H3;(H2,1,2,3,4). The van der Waals surface area contributed by atoms with Gasteiger partial charge in [-0.1, -0.05) is 0 Å². The largest absolute Gasteiger partial charge is 0.497 e. The number of hydrogen-bond acceptors (Lipinski definition) is 10. The minimum Gasteiger partial charge on any atom is -0.497 e. The molecule has 4 rings (SSSR count). The van der Waals surface area contributed by atoms with Gasteiger partial charge in [-0.2, -0.15) is 28.8 Å². The predicted molar refractivity (Wildman–Crippen MR) is 119 cm³/mol. The Morgan fingerprint density at radius 1 is 0.727 bits per heavy atom. The Bertz CT molecular complexity index is 1160. The van der Waals surface area contributed by atoms with Gasteiger partial charge in [0.2, 0.25) is 0 Å². The number of ether oxygens (including phenoxy) is 2. The maximum atomic E-state index is 8.74. The van der Waals surface area contributed by atoms with E-state index in [-0.39, 0.29) is 0 Å². The smallest absolute Gasteiger partial charge is 0.394 e. The molecule has 0 amide bonds. The molecule has 15 heteroatoms. The SMILES string of the molecule is COc1ccc(-n2nccn2)c(N)c1.COc1ccc(-n2nccn2)c(N)c1.O=S(=O)(O)O. The quantitative estimate of drug-likeness (QED) is 0.240. The second-order valence-electron chi connectivity index (χ2n) is 5.93. The molecule has 2 aromatic heterocycles. The molecule has 0 aliphatic rings. The van der Waals surface area contributed by atoms with Gasteiger partial charge in [-0.15, -0.1) is 9.59 Å². The van der Waals surface area contributed by atoms with Crippen LogP contribution in [0.3, 0.4) is 0 Å². The third-order valence-corrected chi connectivity index (χ3v) is 3.74. The highest BCUT2D eigenvalue weighted by molar-refractivity contribution is 7.79. The van der Waals surface area contributed by atoms with Gasteiger partial charge in [-0.3, -0.25) is 9.11 Å². The Morgan fingerprint density at radius 3 is 1.27 bits per heavy atom. The molecule has 0 atom stereocenters. The van der Waals surface area contributed by atoms with Crippen LogP contribution in [-0.2, 0) is 10.4 Å². The van der Waals surface area contributed by atoms with E-state index in [1.165, 1.54) is 9.59 Å². The van der Waals surface area contributed by atoms with Crippen molar-refractivity contribution in [2.45, 2.75) is 0 Å². The molecular weight excluding hydrogens is 456 g/mol. The Labute approximate surface area is 188 Å². The first-order chi connectivity index (χ1) is 15.6. The highest BCUT2D eigenvalue weighted by Gasteiger charge is 2.04. The van der Waals surface area contributed by atoms with E-state index in [0.717, 1.165) is 22.9 Å². The fourth-order valence-corrected chi connectivity index (χ4v) is 2.36. The van der Waals surface area contributed by atoms with Crippen molar-refractivity contribution >= 4 is 21.8 Å². The third kappa shape index (κ3) is 8.09. The Hall–Kier alpha value is -4.21. The van der Waals surface area contributed by atoms with Crippen LogP contribution in [0.1, 0.15) is 0 Å². The summed E-state index contributed by atoms with van der Waals surface area (Å²) in [6.45, 7) is 0. The summed E-state index contributed by atoms with van der Waals surface area (Å²) in [6, 6.07) is 10.7. The molecular formula is C18H22N8O6S. The average molecular weight is 478 g/mol. The lowest BCUT2D eigenvalue weighted by atomic mass is 10.2. The van der Waals surface area contributed by atoms with Gasteiger partial charge in [0, 0.05) is 12.1 Å². The van der Waals surface area contributed by atoms with E-state index in [0.29, 0.717) is 11.4 Å². The lowest BCUT2D eigenvalue weighted by Gasteiger charge is -2.05. The fraction of sp³-hybridized carbons (Fsp3) is 0.111. The van der Waals surface area contributed by atoms with Crippen LogP contribution in [0.5, 0.6) is 11.5 Å². The van der Waals surface area contributed by atoms with Crippen molar-refractivity contribution in [1.29, 1.82) is 0 Å². The van der Waals surface area contributed by atoms with Gasteiger partial charge < -0.3 is 20.9 Å². The number of nitrogens with two attached hydrogens (primary N) is 2. The maximum absolute atomic E-state index is 8.74. The van der Waals surface area contributed by atoms with Crippen molar-refractivity contribution in [3.8, 4) is 22.9 Å². The molecule has 0 saturated heterocycles. The van der Waals surface area contributed by atoms with Crippen molar-refractivity contribution in [2.75, 3.05) is 25.7 Å². The lowest BCUT2D eigenvalue weighted by Crippen LogP contribution is -2.03. The molecule has 2 aromatic carbocycles. The molecule has 0 aliphatic heterocycles.